The maximum Gasteiger partial charge on any atom is 0.328 e. The molecule has 0 saturated heterocycles. The van der Waals surface area contributed by atoms with Crippen LogP contribution in [0.3, 0.4) is 0 Å². The summed E-state index contributed by atoms with van der Waals surface area (Å²) in [6, 6.07) is -5.59. The number of carbonyl (C=O) groups excluding carboxylic acids is 3. The van der Waals surface area contributed by atoms with Crippen LogP contribution in [0.1, 0.15) is 46.5 Å². The van der Waals surface area contributed by atoms with Crippen LogP contribution in [0, 0.1) is 5.92 Å². The van der Waals surface area contributed by atoms with Gasteiger partial charge in [-0.05, 0) is 25.7 Å². The lowest BCUT2D eigenvalue weighted by Crippen LogP contribution is -2.59. The molecular weight excluding hydrogens is 444 g/mol. The summed E-state index contributed by atoms with van der Waals surface area (Å²) < 4.78 is 0. The summed E-state index contributed by atoms with van der Waals surface area (Å²) in [5, 5.41) is 43.0. The third-order valence-electron chi connectivity index (χ3n) is 4.58. The standard InChI is InChI=1S/C19H32N4O10/c1-8(2)14(22-16(29)10(20)4-6-12(25)26)18(31)21-11(5-7-13(27)28)17(30)23-15(9(3)24)19(32)33/h8-11,14-15,24H,4-7,20H2,1-3H3,(H,21,31)(H,22,29)(H,23,30)(H,25,26)(H,27,28)(H,32,33). The number of aliphatic hydroxyl groups excluding tert-OH is 1. The van der Waals surface area contributed by atoms with Gasteiger partial charge in [0.05, 0.1) is 12.1 Å². The SMILES string of the molecule is CC(C)C(NC(=O)C(N)CCC(=O)O)C(=O)NC(CCC(=O)O)C(=O)NC(C(=O)O)C(C)O. The van der Waals surface area contributed by atoms with E-state index >= 15 is 0 Å². The van der Waals surface area contributed by atoms with Gasteiger partial charge in [0.1, 0.15) is 12.1 Å². The van der Waals surface area contributed by atoms with Crippen LogP contribution >= 0.6 is 0 Å². The number of nitrogens with one attached hydrogen (secondary N) is 3. The average Bonchev–Trinajstić information content (AvgIpc) is 2.69. The molecule has 0 aliphatic heterocycles. The molecule has 0 heterocycles. The van der Waals surface area contributed by atoms with Crippen molar-refractivity contribution in [2.45, 2.75) is 76.7 Å². The first-order chi connectivity index (χ1) is 15.2. The second kappa shape index (κ2) is 14.0. The minimum Gasteiger partial charge on any atom is -0.481 e. The second-order valence-electron chi connectivity index (χ2n) is 7.83. The number of nitrogens with two attached hydrogens (primary N) is 1. The summed E-state index contributed by atoms with van der Waals surface area (Å²) in [5.41, 5.74) is 5.64. The van der Waals surface area contributed by atoms with E-state index in [9.17, 15) is 33.9 Å². The van der Waals surface area contributed by atoms with E-state index in [1.807, 2.05) is 5.32 Å². The third-order valence-corrected chi connectivity index (χ3v) is 4.58. The van der Waals surface area contributed by atoms with E-state index in [1.54, 1.807) is 13.8 Å². The van der Waals surface area contributed by atoms with E-state index in [-0.39, 0.29) is 12.8 Å². The maximum absolute atomic E-state index is 12.8. The number of hydrogen-bond donors (Lipinski definition) is 8. The predicted octanol–water partition coefficient (Wildman–Crippen LogP) is -2.38. The molecule has 0 aliphatic rings. The van der Waals surface area contributed by atoms with Crippen molar-refractivity contribution in [2.24, 2.45) is 11.7 Å². The van der Waals surface area contributed by atoms with Crippen molar-refractivity contribution in [1.82, 2.24) is 16.0 Å². The van der Waals surface area contributed by atoms with Crippen LogP contribution in [0.25, 0.3) is 0 Å². The molecule has 14 nitrogen and oxygen atoms in total. The quantitative estimate of drug-likeness (QED) is 0.124. The fourth-order valence-corrected chi connectivity index (χ4v) is 2.65. The number of aliphatic carboxylic acids is 3. The Bertz CT molecular complexity index is 740. The van der Waals surface area contributed by atoms with Gasteiger partial charge < -0.3 is 42.1 Å². The van der Waals surface area contributed by atoms with Gasteiger partial charge >= 0.3 is 17.9 Å². The summed E-state index contributed by atoms with van der Waals surface area (Å²) in [6.45, 7) is 4.28. The average molecular weight is 476 g/mol. The first kappa shape index (κ1) is 29.7. The van der Waals surface area contributed by atoms with E-state index in [2.05, 4.69) is 10.6 Å². The molecule has 0 fully saturated rings. The van der Waals surface area contributed by atoms with Gasteiger partial charge in [-0.2, -0.15) is 0 Å². The molecule has 33 heavy (non-hydrogen) atoms. The molecular formula is C19H32N4O10. The zero-order chi connectivity index (χ0) is 25.9. The Labute approximate surface area is 189 Å². The monoisotopic (exact) mass is 476 g/mol. The van der Waals surface area contributed by atoms with Gasteiger partial charge in [0.2, 0.25) is 17.7 Å². The maximum atomic E-state index is 12.8. The second-order valence-corrected chi connectivity index (χ2v) is 7.83. The minimum absolute atomic E-state index is 0.173. The van der Waals surface area contributed by atoms with E-state index in [4.69, 9.17) is 21.1 Å². The van der Waals surface area contributed by atoms with Crippen molar-refractivity contribution in [3.05, 3.63) is 0 Å². The van der Waals surface area contributed by atoms with E-state index in [1.165, 1.54) is 0 Å². The number of carboxylic acid groups (broad SMARTS) is 3. The largest absolute Gasteiger partial charge is 0.481 e. The van der Waals surface area contributed by atoms with Crippen molar-refractivity contribution >= 4 is 35.6 Å². The minimum atomic E-state index is -1.70. The summed E-state index contributed by atoms with van der Waals surface area (Å²) >= 11 is 0. The summed E-state index contributed by atoms with van der Waals surface area (Å²) in [5.74, 6) is -7.16. The number of aliphatic hydroxyl groups is 1. The van der Waals surface area contributed by atoms with Crippen LogP contribution < -0.4 is 21.7 Å². The molecule has 0 rings (SSSR count). The smallest absolute Gasteiger partial charge is 0.328 e. The Morgan fingerprint density at radius 2 is 1.21 bits per heavy atom. The van der Waals surface area contributed by atoms with Gasteiger partial charge in [-0.25, -0.2) is 4.79 Å². The van der Waals surface area contributed by atoms with Crippen LogP contribution in [-0.4, -0.2) is 86.3 Å². The lowest BCUT2D eigenvalue weighted by atomic mass is 10.0. The molecule has 5 atom stereocenters. The summed E-state index contributed by atoms with van der Waals surface area (Å²) in [4.78, 5) is 70.3. The Kier molecular flexibility index (Phi) is 12.6. The van der Waals surface area contributed by atoms with Crippen LogP contribution in [0.2, 0.25) is 0 Å². The molecule has 188 valence electrons. The molecule has 0 aromatic heterocycles. The van der Waals surface area contributed by atoms with Gasteiger partial charge in [-0.3, -0.25) is 24.0 Å². The summed E-state index contributed by atoms with van der Waals surface area (Å²) in [7, 11) is 0. The van der Waals surface area contributed by atoms with E-state index < -0.39 is 84.7 Å². The highest BCUT2D eigenvalue weighted by Crippen LogP contribution is 2.07. The highest BCUT2D eigenvalue weighted by molar-refractivity contribution is 5.94. The van der Waals surface area contributed by atoms with Crippen LogP contribution in [-0.2, 0) is 28.8 Å². The zero-order valence-corrected chi connectivity index (χ0v) is 18.6. The van der Waals surface area contributed by atoms with Crippen molar-refractivity contribution in [2.75, 3.05) is 0 Å². The van der Waals surface area contributed by atoms with Crippen molar-refractivity contribution in [1.29, 1.82) is 0 Å². The van der Waals surface area contributed by atoms with E-state index in [0.29, 0.717) is 0 Å². The van der Waals surface area contributed by atoms with Gasteiger partial charge in [0.15, 0.2) is 6.04 Å². The molecule has 5 unspecified atom stereocenters. The number of carboxylic acids is 3. The normalized spacial score (nSPS) is 15.5. The molecule has 0 radical (unpaired) electrons. The fraction of sp³-hybridized carbons (Fsp3) is 0.684. The lowest BCUT2D eigenvalue weighted by Gasteiger charge is -2.27. The predicted molar refractivity (Wildman–Crippen MR) is 112 cm³/mol. The van der Waals surface area contributed by atoms with Gasteiger partial charge in [0, 0.05) is 12.8 Å². The molecule has 0 aromatic rings. The molecule has 3 amide bonds. The topological polar surface area (TPSA) is 245 Å². The molecule has 0 aromatic carbocycles. The number of carbonyl (C=O) groups is 6. The molecule has 14 heteroatoms. The highest BCUT2D eigenvalue weighted by Gasteiger charge is 2.33. The van der Waals surface area contributed by atoms with E-state index in [0.717, 1.165) is 6.92 Å². The Hall–Kier alpha value is -3.26. The molecule has 0 spiro atoms. The Morgan fingerprint density at radius 1 is 0.727 bits per heavy atom. The van der Waals surface area contributed by atoms with Crippen LogP contribution in [0.5, 0.6) is 0 Å². The van der Waals surface area contributed by atoms with Crippen molar-refractivity contribution in [3.63, 3.8) is 0 Å². The molecule has 0 aliphatic carbocycles. The number of amides is 3. The highest BCUT2D eigenvalue weighted by atomic mass is 16.4. The van der Waals surface area contributed by atoms with Gasteiger partial charge in [-0.15, -0.1) is 0 Å². The fourth-order valence-electron chi connectivity index (χ4n) is 2.65. The zero-order valence-electron chi connectivity index (χ0n) is 18.6. The van der Waals surface area contributed by atoms with Crippen LogP contribution in [0.4, 0.5) is 0 Å². The number of hydrogen-bond acceptors (Lipinski definition) is 8. The van der Waals surface area contributed by atoms with Gasteiger partial charge in [-0.1, -0.05) is 13.8 Å². The molecule has 0 bridgehead atoms. The lowest BCUT2D eigenvalue weighted by molar-refractivity contribution is -0.145. The van der Waals surface area contributed by atoms with Crippen molar-refractivity contribution in [3.8, 4) is 0 Å². The summed E-state index contributed by atoms with van der Waals surface area (Å²) in [6.07, 6.45) is -2.94. The first-order valence-corrected chi connectivity index (χ1v) is 10.2. The van der Waals surface area contributed by atoms with Crippen molar-refractivity contribution < 1.29 is 49.2 Å². The number of rotatable bonds is 15. The molecule has 0 saturated carbocycles. The molecule has 9 N–H and O–H groups in total. The van der Waals surface area contributed by atoms with Gasteiger partial charge in [0.25, 0.3) is 0 Å². The first-order valence-electron chi connectivity index (χ1n) is 10.2. The Balaban J connectivity index is 5.46. The van der Waals surface area contributed by atoms with Crippen LogP contribution in [0.15, 0.2) is 0 Å². The Morgan fingerprint density at radius 3 is 1.64 bits per heavy atom. The third kappa shape index (κ3) is 11.2.